The zero-order chi connectivity index (χ0) is 16.3. The van der Waals surface area contributed by atoms with Crippen LogP contribution in [0.15, 0.2) is 22.7 Å². The number of ketones is 2. The van der Waals surface area contributed by atoms with Crippen LogP contribution in [-0.2, 0) is 14.3 Å². The molecule has 3 nitrogen and oxygen atoms in total. The van der Waals surface area contributed by atoms with E-state index in [2.05, 4.69) is 27.7 Å². The Bertz CT molecular complexity index is 570. The molecule has 120 valence electrons. The largest absolute Gasteiger partial charge is 0.465 e. The van der Waals surface area contributed by atoms with E-state index in [9.17, 15) is 9.59 Å². The van der Waals surface area contributed by atoms with Gasteiger partial charge in [0.1, 0.15) is 11.5 Å². The summed E-state index contributed by atoms with van der Waals surface area (Å²) in [4.78, 5) is 25.2. The maximum absolute atomic E-state index is 12.6. The number of hydrogen-bond acceptors (Lipinski definition) is 3. The second kappa shape index (κ2) is 4.95. The molecule has 3 aliphatic rings. The molecule has 0 aromatic heterocycles. The Morgan fingerprint density at radius 1 is 0.909 bits per heavy atom. The van der Waals surface area contributed by atoms with E-state index in [4.69, 9.17) is 16.3 Å². The van der Waals surface area contributed by atoms with Crippen molar-refractivity contribution in [2.24, 2.45) is 16.7 Å². The van der Waals surface area contributed by atoms with E-state index in [0.717, 1.165) is 24.4 Å². The van der Waals surface area contributed by atoms with Gasteiger partial charge in [-0.2, -0.15) is 0 Å². The van der Waals surface area contributed by atoms with Gasteiger partial charge in [0.05, 0.1) is 0 Å². The molecular formula is C18H23ClO3. The van der Waals surface area contributed by atoms with Crippen molar-refractivity contribution in [2.45, 2.75) is 53.4 Å². The second-order valence-electron chi connectivity index (χ2n) is 8.36. The number of hydrogen-bond donors (Lipinski definition) is 0. The molecule has 0 aromatic rings. The van der Waals surface area contributed by atoms with E-state index >= 15 is 0 Å². The SMILES string of the molecule is CC1(C)CC(=O)C2=C(C1)OC1=C(C(=O)CC(C)(C)C1)C2CCl. The van der Waals surface area contributed by atoms with E-state index in [1.165, 1.54) is 0 Å². The van der Waals surface area contributed by atoms with Gasteiger partial charge in [-0.25, -0.2) is 0 Å². The fraction of sp³-hybridized carbons (Fsp3) is 0.667. The quantitative estimate of drug-likeness (QED) is 0.681. The summed E-state index contributed by atoms with van der Waals surface area (Å²) >= 11 is 6.16. The lowest BCUT2D eigenvalue weighted by atomic mass is 9.67. The van der Waals surface area contributed by atoms with Gasteiger partial charge < -0.3 is 4.74 Å². The summed E-state index contributed by atoms with van der Waals surface area (Å²) in [6, 6.07) is 0. The summed E-state index contributed by atoms with van der Waals surface area (Å²) in [6.45, 7) is 8.31. The average molecular weight is 323 g/mol. The van der Waals surface area contributed by atoms with Gasteiger partial charge in [0, 0.05) is 48.6 Å². The first kappa shape index (κ1) is 15.8. The fourth-order valence-corrected chi connectivity index (χ4v) is 4.27. The molecule has 0 aromatic carbocycles. The molecule has 2 aliphatic carbocycles. The van der Waals surface area contributed by atoms with Gasteiger partial charge in [0.25, 0.3) is 0 Å². The molecule has 1 heterocycles. The predicted octanol–water partition coefficient (Wildman–Crippen LogP) is 4.16. The number of ether oxygens (including phenoxy) is 1. The summed E-state index contributed by atoms with van der Waals surface area (Å²) in [5.41, 5.74) is 1.11. The third-order valence-electron chi connectivity index (χ3n) is 4.86. The van der Waals surface area contributed by atoms with Gasteiger partial charge in [-0.1, -0.05) is 27.7 Å². The number of carbonyl (C=O) groups is 2. The standard InChI is InChI=1S/C18H23ClO3/c1-17(2)5-11(20)15-10(9-19)16-12(21)6-18(3,4)8-14(16)22-13(15)7-17/h10H,5-9H2,1-4H3. The molecular weight excluding hydrogens is 300 g/mol. The van der Waals surface area contributed by atoms with Gasteiger partial charge in [0.15, 0.2) is 11.6 Å². The third kappa shape index (κ3) is 2.54. The topological polar surface area (TPSA) is 43.4 Å². The van der Waals surface area contributed by atoms with Gasteiger partial charge >= 0.3 is 0 Å². The molecule has 0 atom stereocenters. The van der Waals surface area contributed by atoms with Gasteiger partial charge in [0.2, 0.25) is 0 Å². The van der Waals surface area contributed by atoms with Crippen molar-refractivity contribution in [3.8, 4) is 0 Å². The number of halogens is 1. The molecule has 0 bridgehead atoms. The molecule has 0 saturated carbocycles. The molecule has 0 N–H and O–H groups in total. The summed E-state index contributed by atoms with van der Waals surface area (Å²) < 4.78 is 6.10. The van der Waals surface area contributed by atoms with Crippen molar-refractivity contribution in [1.29, 1.82) is 0 Å². The van der Waals surface area contributed by atoms with Crippen LogP contribution in [0.1, 0.15) is 53.4 Å². The van der Waals surface area contributed by atoms with Crippen molar-refractivity contribution in [3.05, 3.63) is 22.7 Å². The van der Waals surface area contributed by atoms with Crippen LogP contribution < -0.4 is 0 Å². The number of alkyl halides is 1. The van der Waals surface area contributed by atoms with E-state index in [1.807, 2.05) is 0 Å². The van der Waals surface area contributed by atoms with Crippen molar-refractivity contribution in [2.75, 3.05) is 5.88 Å². The smallest absolute Gasteiger partial charge is 0.163 e. The number of Topliss-reactive ketones (excluding diaryl/α,β-unsaturated/α-hetero) is 2. The van der Waals surface area contributed by atoms with E-state index in [0.29, 0.717) is 24.0 Å². The van der Waals surface area contributed by atoms with Gasteiger partial charge in [-0.05, 0) is 10.8 Å². The van der Waals surface area contributed by atoms with Crippen LogP contribution in [0.4, 0.5) is 0 Å². The van der Waals surface area contributed by atoms with Crippen LogP contribution in [0.3, 0.4) is 0 Å². The molecule has 1 aliphatic heterocycles. The highest BCUT2D eigenvalue weighted by molar-refractivity contribution is 6.20. The predicted molar refractivity (Wildman–Crippen MR) is 85.4 cm³/mol. The Balaban J connectivity index is 2.07. The monoisotopic (exact) mass is 322 g/mol. The first-order valence-corrected chi connectivity index (χ1v) is 8.43. The van der Waals surface area contributed by atoms with Crippen LogP contribution in [0.2, 0.25) is 0 Å². The molecule has 0 unspecified atom stereocenters. The van der Waals surface area contributed by atoms with E-state index in [1.54, 1.807) is 0 Å². The normalized spacial score (nSPS) is 27.5. The van der Waals surface area contributed by atoms with Crippen LogP contribution in [0, 0.1) is 16.7 Å². The zero-order valence-electron chi connectivity index (χ0n) is 13.7. The van der Waals surface area contributed by atoms with Crippen molar-refractivity contribution in [1.82, 2.24) is 0 Å². The average Bonchev–Trinajstić information content (AvgIpc) is 2.32. The molecule has 22 heavy (non-hydrogen) atoms. The Kier molecular flexibility index (Phi) is 3.56. The lowest BCUT2D eigenvalue weighted by Gasteiger charge is -2.42. The molecule has 0 saturated heterocycles. The van der Waals surface area contributed by atoms with Crippen LogP contribution in [0.5, 0.6) is 0 Å². The minimum absolute atomic E-state index is 0.0843. The number of rotatable bonds is 1. The van der Waals surface area contributed by atoms with Crippen molar-refractivity contribution >= 4 is 23.2 Å². The lowest BCUT2D eigenvalue weighted by molar-refractivity contribution is -0.120. The van der Waals surface area contributed by atoms with Crippen LogP contribution in [-0.4, -0.2) is 17.4 Å². The van der Waals surface area contributed by atoms with Crippen LogP contribution in [0.25, 0.3) is 0 Å². The Labute approximate surface area is 136 Å². The molecule has 4 heteroatoms. The molecule has 3 rings (SSSR count). The number of allylic oxidation sites excluding steroid dienone is 4. The summed E-state index contributed by atoms with van der Waals surface area (Å²) in [7, 11) is 0. The molecule has 0 fully saturated rings. The lowest BCUT2D eigenvalue weighted by Crippen LogP contribution is -2.39. The molecule has 0 amide bonds. The zero-order valence-corrected chi connectivity index (χ0v) is 14.5. The van der Waals surface area contributed by atoms with E-state index < -0.39 is 0 Å². The maximum Gasteiger partial charge on any atom is 0.163 e. The minimum atomic E-state index is -0.285. The summed E-state index contributed by atoms with van der Waals surface area (Å²) in [6.07, 6.45) is 2.44. The second-order valence-corrected chi connectivity index (χ2v) is 8.67. The van der Waals surface area contributed by atoms with E-state index in [-0.39, 0.29) is 34.2 Å². The molecule has 0 radical (unpaired) electrons. The van der Waals surface area contributed by atoms with Crippen LogP contribution >= 0.6 is 11.6 Å². The first-order valence-electron chi connectivity index (χ1n) is 7.90. The fourth-order valence-electron chi connectivity index (χ4n) is 3.96. The maximum atomic E-state index is 12.6. The third-order valence-corrected chi connectivity index (χ3v) is 5.16. The molecule has 0 spiro atoms. The Hall–Kier alpha value is -1.09. The van der Waals surface area contributed by atoms with Gasteiger partial charge in [-0.15, -0.1) is 11.6 Å². The number of carbonyl (C=O) groups excluding carboxylic acids is 2. The first-order chi connectivity index (χ1) is 10.1. The highest BCUT2D eigenvalue weighted by Crippen LogP contribution is 2.50. The Morgan fingerprint density at radius 2 is 1.32 bits per heavy atom. The summed E-state index contributed by atoms with van der Waals surface area (Å²) in [5, 5.41) is 0. The summed E-state index contributed by atoms with van der Waals surface area (Å²) in [5.74, 6) is 1.64. The minimum Gasteiger partial charge on any atom is -0.465 e. The highest BCUT2D eigenvalue weighted by atomic mass is 35.5. The van der Waals surface area contributed by atoms with Crippen molar-refractivity contribution < 1.29 is 14.3 Å². The van der Waals surface area contributed by atoms with Crippen molar-refractivity contribution in [3.63, 3.8) is 0 Å². The highest BCUT2D eigenvalue weighted by Gasteiger charge is 2.46. The van der Waals surface area contributed by atoms with Gasteiger partial charge in [-0.3, -0.25) is 9.59 Å². The Morgan fingerprint density at radius 3 is 1.68 bits per heavy atom.